The van der Waals surface area contributed by atoms with E-state index in [4.69, 9.17) is 14.7 Å². The lowest BCUT2D eigenvalue weighted by molar-refractivity contribution is -0.153. The van der Waals surface area contributed by atoms with Crippen LogP contribution in [0.15, 0.2) is 55.8 Å². The van der Waals surface area contributed by atoms with Crippen LogP contribution in [0.25, 0.3) is 32.9 Å². The lowest BCUT2D eigenvalue weighted by Crippen LogP contribution is -2.63. The molecule has 9 rings (SSSR count). The van der Waals surface area contributed by atoms with Crippen molar-refractivity contribution in [1.29, 1.82) is 5.26 Å². The molecule has 3 aromatic heterocycles. The molecule has 4 aliphatic rings. The maximum atomic E-state index is 14.1. The molecule has 0 unspecified atom stereocenters. The number of alkyl halides is 3. The van der Waals surface area contributed by atoms with E-state index < -0.39 is 18.3 Å². The zero-order valence-electron chi connectivity index (χ0n) is 29.9. The van der Waals surface area contributed by atoms with Gasteiger partial charge in [-0.05, 0) is 73.4 Å². The van der Waals surface area contributed by atoms with Crippen LogP contribution >= 0.6 is 0 Å². The van der Waals surface area contributed by atoms with Crippen LogP contribution in [-0.4, -0.2) is 92.6 Å². The quantitative estimate of drug-likeness (QED) is 0.175. The smallest absolute Gasteiger partial charge is 0.422 e. The highest BCUT2D eigenvalue weighted by Crippen LogP contribution is 2.53. The van der Waals surface area contributed by atoms with Crippen LogP contribution in [0.5, 0.6) is 5.75 Å². The third-order valence-corrected chi connectivity index (χ3v) is 11.8. The van der Waals surface area contributed by atoms with Gasteiger partial charge in [-0.1, -0.05) is 12.6 Å². The molecule has 0 bridgehead atoms. The number of rotatable bonds is 9. The van der Waals surface area contributed by atoms with Crippen molar-refractivity contribution in [2.24, 2.45) is 5.41 Å². The van der Waals surface area contributed by atoms with Crippen LogP contribution in [0.3, 0.4) is 0 Å². The number of ether oxygens (including phenoxy) is 1. The highest BCUT2D eigenvalue weighted by molar-refractivity contribution is 6.06. The minimum atomic E-state index is -4.60. The maximum absolute atomic E-state index is 14.1. The Morgan fingerprint density at radius 1 is 1.11 bits per heavy atom. The number of imidazole rings is 1. The van der Waals surface area contributed by atoms with Crippen molar-refractivity contribution >= 4 is 39.5 Å². The maximum Gasteiger partial charge on any atom is 0.422 e. The highest BCUT2D eigenvalue weighted by atomic mass is 19.4. The number of carbonyl (C=O) groups excluding carboxylic acids is 1. The van der Waals surface area contributed by atoms with E-state index in [1.54, 1.807) is 18.7 Å². The number of anilines is 2. The molecule has 1 saturated carbocycles. The number of likely N-dealkylation sites (tertiary alicyclic amines) is 1. The topological polar surface area (TPSA) is 132 Å². The summed E-state index contributed by atoms with van der Waals surface area (Å²) in [6.45, 7) is 7.58. The summed E-state index contributed by atoms with van der Waals surface area (Å²) in [6.07, 6.45) is 7.38. The van der Waals surface area contributed by atoms with Crippen molar-refractivity contribution < 1.29 is 22.7 Å². The molecule has 1 aliphatic carbocycles. The number of amides is 1. The molecule has 54 heavy (non-hydrogen) atoms. The fourth-order valence-corrected chi connectivity index (χ4v) is 8.76. The second-order valence-corrected chi connectivity index (χ2v) is 15.5. The molecule has 3 aliphatic heterocycles. The highest BCUT2D eigenvalue weighted by Gasteiger charge is 2.48. The number of halogens is 3. The number of hydrogen-bond acceptors (Lipinski definition) is 9. The molecule has 1 spiro atoms. The Bertz CT molecular complexity index is 2320. The standard InChI is InChI=1S/C39H39F3N10O2/c1-3-30(53)50-18-37(19-50)9-13-49(14-10-37)35-27-16-26(25-5-6-25)32(31-24(2)4-7-29-28(31)17-45-48-29)34(54-22-39(40,41)42)33(27)46-36(47-35)51-20-38(21-51,8-11-43)52-15-12-44-23-52/h3-4,7,12,15-17,23,25H,1,5-6,8-10,13-14,18-22H2,2H3,(H,45,48). The van der Waals surface area contributed by atoms with Crippen LogP contribution in [0.2, 0.25) is 0 Å². The van der Waals surface area contributed by atoms with Crippen LogP contribution in [0, 0.1) is 23.7 Å². The summed E-state index contributed by atoms with van der Waals surface area (Å²) in [5.41, 5.74) is 3.70. The molecule has 5 aromatic rings. The second-order valence-electron chi connectivity index (χ2n) is 15.5. The molecule has 3 saturated heterocycles. The van der Waals surface area contributed by atoms with Gasteiger partial charge in [0.25, 0.3) is 0 Å². The lowest BCUT2D eigenvalue weighted by Gasteiger charge is -2.54. The van der Waals surface area contributed by atoms with Crippen LogP contribution in [-0.2, 0) is 10.3 Å². The number of hydrogen-bond donors (Lipinski definition) is 1. The number of benzene rings is 2. The van der Waals surface area contributed by atoms with E-state index in [0.717, 1.165) is 53.3 Å². The van der Waals surface area contributed by atoms with E-state index in [-0.39, 0.29) is 29.4 Å². The van der Waals surface area contributed by atoms with Gasteiger partial charge in [0.05, 0.1) is 36.1 Å². The van der Waals surface area contributed by atoms with E-state index in [1.165, 1.54) is 6.08 Å². The molecular weight excluding hydrogens is 697 g/mol. The van der Waals surface area contributed by atoms with Gasteiger partial charge >= 0.3 is 6.18 Å². The summed E-state index contributed by atoms with van der Waals surface area (Å²) in [6, 6.07) is 8.26. The van der Waals surface area contributed by atoms with Crippen LogP contribution in [0.1, 0.15) is 49.1 Å². The fraction of sp³-hybridized carbons (Fsp3) is 0.436. The molecule has 6 heterocycles. The number of aromatic amines is 1. The predicted molar refractivity (Wildman–Crippen MR) is 196 cm³/mol. The summed E-state index contributed by atoms with van der Waals surface area (Å²) in [4.78, 5) is 32.7. The number of carbonyl (C=O) groups is 1. The van der Waals surface area contributed by atoms with E-state index in [9.17, 15) is 23.2 Å². The number of nitriles is 1. The number of H-pyrrole nitrogens is 1. The molecule has 4 fully saturated rings. The van der Waals surface area contributed by atoms with Crippen LogP contribution < -0.4 is 14.5 Å². The number of nitrogens with one attached hydrogen (secondary N) is 1. The normalized spacial score (nSPS) is 19.1. The van der Waals surface area contributed by atoms with Gasteiger partial charge in [-0.2, -0.15) is 28.5 Å². The number of nitrogens with zero attached hydrogens (tertiary/aromatic N) is 9. The number of aryl methyl sites for hydroxylation is 1. The first-order valence-electron chi connectivity index (χ1n) is 18.3. The second kappa shape index (κ2) is 12.5. The SMILES string of the molecule is C=CC(=O)N1CC2(CCN(c3nc(N4CC(CC#N)(n5ccnc5)C4)nc4c(OCC(F)(F)F)c(-c5c(C)ccc6[nH]ncc56)c(C5CC5)cc34)CC2)C1. The Kier molecular flexibility index (Phi) is 7.88. The molecule has 278 valence electrons. The van der Waals surface area contributed by atoms with Gasteiger partial charge in [0.2, 0.25) is 11.9 Å². The monoisotopic (exact) mass is 736 g/mol. The van der Waals surface area contributed by atoms with Crippen molar-refractivity contribution in [2.75, 3.05) is 55.7 Å². The van der Waals surface area contributed by atoms with Gasteiger partial charge in [-0.3, -0.25) is 9.89 Å². The Hall–Kier alpha value is -5.65. The zero-order chi connectivity index (χ0) is 37.4. The molecule has 15 heteroatoms. The number of fused-ring (bicyclic) bond motifs is 2. The molecule has 1 amide bonds. The molecule has 1 N–H and O–H groups in total. The minimum Gasteiger partial charge on any atom is -0.481 e. The average Bonchev–Trinajstić information content (AvgIpc) is 3.59. The Morgan fingerprint density at radius 3 is 2.56 bits per heavy atom. The molecule has 0 radical (unpaired) electrons. The minimum absolute atomic E-state index is 0.00806. The third-order valence-electron chi connectivity index (χ3n) is 11.8. The first kappa shape index (κ1) is 34.1. The Labute approximate surface area is 309 Å². The summed E-state index contributed by atoms with van der Waals surface area (Å²) >= 11 is 0. The third kappa shape index (κ3) is 5.70. The van der Waals surface area contributed by atoms with Gasteiger partial charge in [-0.15, -0.1) is 0 Å². The number of aromatic nitrogens is 6. The van der Waals surface area contributed by atoms with E-state index in [1.807, 2.05) is 39.6 Å². The van der Waals surface area contributed by atoms with Crippen molar-refractivity contribution in [1.82, 2.24) is 34.6 Å². The van der Waals surface area contributed by atoms with Crippen molar-refractivity contribution in [3.05, 3.63) is 66.9 Å². The lowest BCUT2D eigenvalue weighted by atomic mass is 9.72. The number of piperidine rings is 1. The Balaban J connectivity index is 1.21. The van der Waals surface area contributed by atoms with Gasteiger partial charge < -0.3 is 24.0 Å². The first-order valence-corrected chi connectivity index (χ1v) is 18.3. The van der Waals surface area contributed by atoms with Crippen molar-refractivity contribution in [3.63, 3.8) is 0 Å². The summed E-state index contributed by atoms with van der Waals surface area (Å²) in [5.74, 6) is 1.16. The predicted octanol–water partition coefficient (Wildman–Crippen LogP) is 6.24. The van der Waals surface area contributed by atoms with Crippen LogP contribution in [0.4, 0.5) is 24.9 Å². The van der Waals surface area contributed by atoms with Gasteiger partial charge in [0, 0.05) is 73.4 Å². The van der Waals surface area contributed by atoms with Gasteiger partial charge in [0.15, 0.2) is 12.4 Å². The summed E-state index contributed by atoms with van der Waals surface area (Å²) < 4.78 is 50.3. The van der Waals surface area contributed by atoms with Gasteiger partial charge in [0.1, 0.15) is 11.3 Å². The zero-order valence-corrected chi connectivity index (χ0v) is 29.9. The van der Waals surface area contributed by atoms with Gasteiger partial charge in [-0.25, -0.2) is 9.97 Å². The fourth-order valence-electron chi connectivity index (χ4n) is 8.76. The summed E-state index contributed by atoms with van der Waals surface area (Å²) in [5, 5.41) is 18.5. The van der Waals surface area contributed by atoms with Crippen molar-refractivity contribution in [2.45, 2.75) is 56.7 Å². The largest absolute Gasteiger partial charge is 0.481 e. The van der Waals surface area contributed by atoms with Crippen molar-refractivity contribution in [3.8, 4) is 22.9 Å². The van der Waals surface area contributed by atoms with E-state index >= 15 is 0 Å². The summed E-state index contributed by atoms with van der Waals surface area (Å²) in [7, 11) is 0. The molecule has 2 aromatic carbocycles. The first-order chi connectivity index (χ1) is 26.0. The average molecular weight is 737 g/mol. The van der Waals surface area contributed by atoms with E-state index in [2.05, 4.69) is 38.8 Å². The molecule has 0 atom stereocenters. The molecule has 12 nitrogen and oxygen atoms in total. The van der Waals surface area contributed by atoms with E-state index in [0.29, 0.717) is 67.5 Å². The Morgan fingerprint density at radius 2 is 1.89 bits per heavy atom. The molecular formula is C39H39F3N10O2.